The van der Waals surface area contributed by atoms with Crippen molar-refractivity contribution in [3.05, 3.63) is 17.1 Å². The van der Waals surface area contributed by atoms with E-state index >= 15 is 0 Å². The highest BCUT2D eigenvalue weighted by Crippen LogP contribution is 2.23. The molecule has 3 nitrogen and oxygen atoms in total. The van der Waals surface area contributed by atoms with E-state index in [0.717, 1.165) is 18.6 Å². The molecule has 0 atom stereocenters. The molecule has 70 valence electrons. The topological polar surface area (TPSA) is 35.0 Å². The fourth-order valence-corrected chi connectivity index (χ4v) is 1.76. The lowest BCUT2D eigenvalue weighted by molar-refractivity contribution is 0.208. The number of rotatable bonds is 2. The van der Waals surface area contributed by atoms with Gasteiger partial charge >= 0.3 is 0 Å². The molecule has 13 heavy (non-hydrogen) atoms. The predicted octanol–water partition coefficient (Wildman–Crippen LogP) is 2.56. The van der Waals surface area contributed by atoms with Crippen molar-refractivity contribution in [2.75, 3.05) is 0 Å². The lowest BCUT2D eigenvalue weighted by atomic mass is 10.3. The average molecular weight is 243 g/mol. The van der Waals surface area contributed by atoms with Crippen molar-refractivity contribution in [3.8, 4) is 5.75 Å². The molecule has 0 bridgehead atoms. The van der Waals surface area contributed by atoms with Crippen molar-refractivity contribution in [1.82, 2.24) is 9.97 Å². The van der Waals surface area contributed by atoms with Crippen LogP contribution in [0.2, 0.25) is 0 Å². The highest BCUT2D eigenvalue weighted by Gasteiger charge is 2.16. The van der Waals surface area contributed by atoms with E-state index in [1.807, 2.05) is 0 Å². The Kier molecular flexibility index (Phi) is 2.78. The minimum atomic E-state index is 0.379. The van der Waals surface area contributed by atoms with Crippen LogP contribution in [0.25, 0.3) is 0 Å². The second kappa shape index (κ2) is 4.05. The lowest BCUT2D eigenvalue weighted by Crippen LogP contribution is -2.11. The van der Waals surface area contributed by atoms with Gasteiger partial charge < -0.3 is 4.74 Å². The van der Waals surface area contributed by atoms with Crippen LogP contribution >= 0.6 is 15.9 Å². The predicted molar refractivity (Wildman–Crippen MR) is 52.6 cm³/mol. The Bertz CT molecular complexity index is 269. The zero-order valence-electron chi connectivity index (χ0n) is 7.24. The summed E-state index contributed by atoms with van der Waals surface area (Å²) in [6.45, 7) is 0. The Morgan fingerprint density at radius 3 is 2.46 bits per heavy atom. The summed E-state index contributed by atoms with van der Waals surface area (Å²) >= 11 is 3.18. The van der Waals surface area contributed by atoms with E-state index in [2.05, 4.69) is 25.9 Å². The molecule has 1 aliphatic carbocycles. The van der Waals surface area contributed by atoms with Crippen LogP contribution in [0.4, 0.5) is 0 Å². The molecule has 1 heterocycles. The molecule has 2 rings (SSSR count). The van der Waals surface area contributed by atoms with Crippen LogP contribution < -0.4 is 4.74 Å². The fraction of sp³-hybridized carbons (Fsp3) is 0.556. The van der Waals surface area contributed by atoms with Crippen molar-refractivity contribution >= 4 is 15.9 Å². The molecular weight excluding hydrogens is 232 g/mol. The van der Waals surface area contributed by atoms with Gasteiger partial charge in [-0.1, -0.05) is 0 Å². The number of halogens is 1. The first-order chi connectivity index (χ1) is 6.34. The largest absolute Gasteiger partial charge is 0.487 e. The normalized spacial score (nSPS) is 17.6. The molecule has 1 aliphatic rings. The molecule has 0 aromatic carbocycles. The van der Waals surface area contributed by atoms with Crippen molar-refractivity contribution < 1.29 is 4.74 Å². The molecule has 0 saturated heterocycles. The van der Waals surface area contributed by atoms with E-state index in [1.54, 1.807) is 12.4 Å². The average Bonchev–Trinajstić information content (AvgIpc) is 2.62. The maximum Gasteiger partial charge on any atom is 0.196 e. The van der Waals surface area contributed by atoms with Crippen LogP contribution in [0, 0.1) is 0 Å². The zero-order chi connectivity index (χ0) is 9.10. The summed E-state index contributed by atoms with van der Waals surface area (Å²) in [5.41, 5.74) is 0. The summed E-state index contributed by atoms with van der Waals surface area (Å²) in [6.07, 6.45) is 8.67. The zero-order valence-corrected chi connectivity index (χ0v) is 8.83. The highest BCUT2D eigenvalue weighted by molar-refractivity contribution is 9.10. The minimum Gasteiger partial charge on any atom is -0.487 e. The van der Waals surface area contributed by atoms with E-state index in [9.17, 15) is 0 Å². The molecule has 0 amide bonds. The molecule has 0 unspecified atom stereocenters. The smallest absolute Gasteiger partial charge is 0.196 e. The quantitative estimate of drug-likeness (QED) is 0.748. The maximum atomic E-state index is 5.68. The Morgan fingerprint density at radius 1 is 1.23 bits per heavy atom. The van der Waals surface area contributed by atoms with Crippen LogP contribution in [0.3, 0.4) is 0 Å². The van der Waals surface area contributed by atoms with Crippen LogP contribution in [0.5, 0.6) is 5.75 Å². The SMILES string of the molecule is Brc1ncc(OC2CCCC2)cn1. The third-order valence-electron chi connectivity index (χ3n) is 2.20. The van der Waals surface area contributed by atoms with E-state index in [4.69, 9.17) is 4.74 Å². The van der Waals surface area contributed by atoms with Gasteiger partial charge in [0.05, 0.1) is 18.5 Å². The van der Waals surface area contributed by atoms with Gasteiger partial charge in [0.15, 0.2) is 10.5 Å². The molecule has 0 spiro atoms. The number of aromatic nitrogens is 2. The van der Waals surface area contributed by atoms with Crippen molar-refractivity contribution in [3.63, 3.8) is 0 Å². The summed E-state index contributed by atoms with van der Waals surface area (Å²) in [7, 11) is 0. The molecule has 1 saturated carbocycles. The van der Waals surface area contributed by atoms with Gasteiger partial charge in [0, 0.05) is 0 Å². The molecule has 0 aliphatic heterocycles. The van der Waals surface area contributed by atoms with Crippen LogP contribution in [-0.4, -0.2) is 16.1 Å². The first-order valence-corrected chi connectivity index (χ1v) is 5.28. The lowest BCUT2D eigenvalue weighted by Gasteiger charge is -2.11. The minimum absolute atomic E-state index is 0.379. The van der Waals surface area contributed by atoms with Gasteiger partial charge in [-0.25, -0.2) is 9.97 Å². The molecule has 0 N–H and O–H groups in total. The fourth-order valence-electron chi connectivity index (χ4n) is 1.56. The van der Waals surface area contributed by atoms with E-state index in [-0.39, 0.29) is 0 Å². The number of hydrogen-bond acceptors (Lipinski definition) is 3. The second-order valence-corrected chi connectivity index (χ2v) is 3.92. The summed E-state index contributed by atoms with van der Waals surface area (Å²) in [5, 5.41) is 0. The van der Waals surface area contributed by atoms with E-state index < -0.39 is 0 Å². The first kappa shape index (κ1) is 8.94. The van der Waals surface area contributed by atoms with Gasteiger partial charge in [-0.05, 0) is 41.6 Å². The molecule has 1 aromatic heterocycles. The van der Waals surface area contributed by atoms with E-state index in [0.29, 0.717) is 10.8 Å². The first-order valence-electron chi connectivity index (χ1n) is 4.49. The highest BCUT2D eigenvalue weighted by atomic mass is 79.9. The molecule has 1 aromatic rings. The molecule has 1 fully saturated rings. The molecule has 0 radical (unpaired) electrons. The van der Waals surface area contributed by atoms with Gasteiger partial charge in [0.2, 0.25) is 0 Å². The summed E-state index contributed by atoms with van der Waals surface area (Å²) in [4.78, 5) is 8.00. The van der Waals surface area contributed by atoms with Crippen molar-refractivity contribution in [2.45, 2.75) is 31.8 Å². The molecular formula is C9H11BrN2O. The Morgan fingerprint density at radius 2 is 1.85 bits per heavy atom. The van der Waals surface area contributed by atoms with Crippen molar-refractivity contribution in [2.24, 2.45) is 0 Å². The Labute approximate surface area is 85.7 Å². The van der Waals surface area contributed by atoms with Crippen LogP contribution in [0.1, 0.15) is 25.7 Å². The summed E-state index contributed by atoms with van der Waals surface area (Å²) in [5.74, 6) is 0.773. The van der Waals surface area contributed by atoms with Gasteiger partial charge in [-0.15, -0.1) is 0 Å². The number of ether oxygens (including phenoxy) is 1. The third-order valence-corrected chi connectivity index (χ3v) is 2.61. The van der Waals surface area contributed by atoms with Crippen LogP contribution in [-0.2, 0) is 0 Å². The van der Waals surface area contributed by atoms with Gasteiger partial charge in [-0.2, -0.15) is 0 Å². The van der Waals surface area contributed by atoms with Gasteiger partial charge in [0.25, 0.3) is 0 Å². The van der Waals surface area contributed by atoms with Gasteiger partial charge in [0.1, 0.15) is 0 Å². The summed E-state index contributed by atoms with van der Waals surface area (Å²) < 4.78 is 6.29. The Hall–Kier alpha value is -0.640. The second-order valence-electron chi connectivity index (χ2n) is 3.21. The standard InChI is InChI=1S/C9H11BrN2O/c10-9-11-5-8(6-12-9)13-7-3-1-2-4-7/h5-7H,1-4H2. The monoisotopic (exact) mass is 242 g/mol. The number of nitrogens with zero attached hydrogens (tertiary/aromatic N) is 2. The van der Waals surface area contributed by atoms with E-state index in [1.165, 1.54) is 12.8 Å². The maximum absolute atomic E-state index is 5.68. The Balaban J connectivity index is 1.97. The summed E-state index contributed by atoms with van der Waals surface area (Å²) in [6, 6.07) is 0. The third kappa shape index (κ3) is 2.40. The van der Waals surface area contributed by atoms with Crippen LogP contribution in [0.15, 0.2) is 17.1 Å². The molecule has 4 heteroatoms. The number of hydrogen-bond donors (Lipinski definition) is 0. The van der Waals surface area contributed by atoms with Crippen molar-refractivity contribution in [1.29, 1.82) is 0 Å². The van der Waals surface area contributed by atoms with Gasteiger partial charge in [-0.3, -0.25) is 0 Å².